The fourth-order valence-electron chi connectivity index (χ4n) is 2.06. The van der Waals surface area contributed by atoms with Crippen molar-refractivity contribution in [1.29, 1.82) is 0 Å². The quantitative estimate of drug-likeness (QED) is 0.626. The molecule has 7 heteroatoms. The van der Waals surface area contributed by atoms with Crippen LogP contribution in [0.2, 0.25) is 0 Å². The summed E-state index contributed by atoms with van der Waals surface area (Å²) < 4.78 is 1.92. The standard InChI is InChI=1S/C18H18Br2N2O2S/c1-22(10-13-5-7-14(19)8-6-13)18(24)12-25-11-17(23)21-16-4-2-3-15(20)9-16/h2-9H,10-12H2,1H3,(H,21,23). The Morgan fingerprint density at radius 2 is 1.76 bits per heavy atom. The van der Waals surface area contributed by atoms with Crippen LogP contribution in [-0.4, -0.2) is 35.3 Å². The molecule has 25 heavy (non-hydrogen) atoms. The van der Waals surface area contributed by atoms with E-state index in [0.717, 1.165) is 20.2 Å². The van der Waals surface area contributed by atoms with Crippen LogP contribution in [0.1, 0.15) is 5.56 Å². The number of halogens is 2. The Morgan fingerprint density at radius 3 is 2.44 bits per heavy atom. The minimum atomic E-state index is -0.119. The van der Waals surface area contributed by atoms with Crippen LogP contribution in [0.4, 0.5) is 5.69 Å². The number of nitrogens with one attached hydrogen (secondary N) is 1. The van der Waals surface area contributed by atoms with Gasteiger partial charge in [-0.15, -0.1) is 11.8 Å². The predicted octanol–water partition coefficient (Wildman–Crippen LogP) is 4.54. The molecule has 4 nitrogen and oxygen atoms in total. The van der Waals surface area contributed by atoms with Crippen LogP contribution in [0.3, 0.4) is 0 Å². The zero-order valence-corrected chi connectivity index (χ0v) is 17.7. The molecule has 0 aliphatic carbocycles. The van der Waals surface area contributed by atoms with Crippen molar-refractivity contribution in [3.8, 4) is 0 Å². The van der Waals surface area contributed by atoms with Crippen molar-refractivity contribution in [2.45, 2.75) is 6.54 Å². The normalized spacial score (nSPS) is 10.4. The highest BCUT2D eigenvalue weighted by Gasteiger charge is 2.11. The van der Waals surface area contributed by atoms with E-state index in [2.05, 4.69) is 37.2 Å². The van der Waals surface area contributed by atoms with Crippen LogP contribution < -0.4 is 5.32 Å². The number of carbonyl (C=O) groups is 2. The molecule has 0 saturated heterocycles. The minimum Gasteiger partial charge on any atom is -0.341 e. The number of nitrogens with zero attached hydrogens (tertiary/aromatic N) is 1. The fraction of sp³-hybridized carbons (Fsp3) is 0.222. The lowest BCUT2D eigenvalue weighted by molar-refractivity contribution is -0.127. The summed E-state index contributed by atoms with van der Waals surface area (Å²) in [5.74, 6) is 0.401. The molecular formula is C18H18Br2N2O2S. The molecule has 0 unspecified atom stereocenters. The summed E-state index contributed by atoms with van der Waals surface area (Å²) in [6.07, 6.45) is 0. The number of rotatable bonds is 7. The smallest absolute Gasteiger partial charge is 0.234 e. The van der Waals surface area contributed by atoms with Gasteiger partial charge in [0.05, 0.1) is 11.5 Å². The van der Waals surface area contributed by atoms with E-state index in [9.17, 15) is 9.59 Å². The van der Waals surface area contributed by atoms with Gasteiger partial charge in [0.2, 0.25) is 11.8 Å². The lowest BCUT2D eigenvalue weighted by Crippen LogP contribution is -2.28. The maximum Gasteiger partial charge on any atom is 0.234 e. The van der Waals surface area contributed by atoms with Crippen molar-refractivity contribution < 1.29 is 9.59 Å². The van der Waals surface area contributed by atoms with E-state index in [4.69, 9.17) is 0 Å². The Balaban J connectivity index is 1.72. The third-order valence-corrected chi connectivity index (χ3v) is 5.27. The molecular weight excluding hydrogens is 468 g/mol. The third kappa shape index (κ3) is 7.22. The highest BCUT2D eigenvalue weighted by atomic mass is 79.9. The molecule has 0 saturated carbocycles. The van der Waals surface area contributed by atoms with Gasteiger partial charge in [0, 0.05) is 28.2 Å². The number of hydrogen-bond donors (Lipinski definition) is 1. The van der Waals surface area contributed by atoms with E-state index in [0.29, 0.717) is 6.54 Å². The molecule has 0 atom stereocenters. The lowest BCUT2D eigenvalue weighted by atomic mass is 10.2. The zero-order chi connectivity index (χ0) is 18.2. The topological polar surface area (TPSA) is 49.4 Å². The largest absolute Gasteiger partial charge is 0.341 e. The average Bonchev–Trinajstić information content (AvgIpc) is 2.56. The van der Waals surface area contributed by atoms with Crippen LogP contribution in [-0.2, 0) is 16.1 Å². The number of anilines is 1. The summed E-state index contributed by atoms with van der Waals surface area (Å²) in [5, 5.41) is 2.81. The minimum absolute atomic E-state index is 0.00294. The fourth-order valence-corrected chi connectivity index (χ4v) is 3.47. The monoisotopic (exact) mass is 484 g/mol. The maximum atomic E-state index is 12.2. The van der Waals surface area contributed by atoms with E-state index >= 15 is 0 Å². The van der Waals surface area contributed by atoms with Crippen molar-refractivity contribution in [2.75, 3.05) is 23.9 Å². The van der Waals surface area contributed by atoms with Crippen LogP contribution in [0.25, 0.3) is 0 Å². The molecule has 0 radical (unpaired) electrons. The predicted molar refractivity (Wildman–Crippen MR) is 111 cm³/mol. The molecule has 0 fully saturated rings. The number of carbonyl (C=O) groups excluding carboxylic acids is 2. The van der Waals surface area contributed by atoms with Crippen LogP contribution >= 0.6 is 43.6 Å². The van der Waals surface area contributed by atoms with Gasteiger partial charge >= 0.3 is 0 Å². The van der Waals surface area contributed by atoms with Gasteiger partial charge in [-0.25, -0.2) is 0 Å². The van der Waals surface area contributed by atoms with E-state index in [1.54, 1.807) is 11.9 Å². The zero-order valence-electron chi connectivity index (χ0n) is 13.7. The molecule has 2 rings (SSSR count). The molecule has 0 bridgehead atoms. The summed E-state index contributed by atoms with van der Waals surface area (Å²) in [6, 6.07) is 15.3. The van der Waals surface area contributed by atoms with Gasteiger partial charge in [0.1, 0.15) is 0 Å². The van der Waals surface area contributed by atoms with Gasteiger partial charge in [-0.05, 0) is 35.9 Å². The molecule has 132 valence electrons. The molecule has 2 aromatic rings. The van der Waals surface area contributed by atoms with Crippen LogP contribution in [0.5, 0.6) is 0 Å². The van der Waals surface area contributed by atoms with Crippen molar-refractivity contribution in [3.05, 3.63) is 63.0 Å². The summed E-state index contributed by atoms with van der Waals surface area (Å²) >= 11 is 8.06. The average molecular weight is 486 g/mol. The SMILES string of the molecule is CN(Cc1ccc(Br)cc1)C(=O)CSCC(=O)Nc1cccc(Br)c1. The Labute approximate surface area is 168 Å². The highest BCUT2D eigenvalue weighted by molar-refractivity contribution is 9.10. The molecule has 0 aliphatic heterocycles. The summed E-state index contributed by atoms with van der Waals surface area (Å²) in [7, 11) is 1.77. The van der Waals surface area contributed by atoms with E-state index in [-0.39, 0.29) is 23.3 Å². The highest BCUT2D eigenvalue weighted by Crippen LogP contribution is 2.16. The van der Waals surface area contributed by atoms with Gasteiger partial charge in [-0.2, -0.15) is 0 Å². The van der Waals surface area contributed by atoms with Crippen molar-refractivity contribution >= 4 is 61.1 Å². The maximum absolute atomic E-state index is 12.2. The summed E-state index contributed by atoms with van der Waals surface area (Å²) in [6.45, 7) is 0.552. The Hall–Kier alpha value is -1.31. The molecule has 0 aliphatic rings. The van der Waals surface area contributed by atoms with Gasteiger partial charge in [0.15, 0.2) is 0 Å². The molecule has 0 heterocycles. The Kier molecular flexibility index (Phi) is 7.99. The lowest BCUT2D eigenvalue weighted by Gasteiger charge is -2.17. The van der Waals surface area contributed by atoms with Gasteiger partial charge in [-0.1, -0.05) is 50.1 Å². The van der Waals surface area contributed by atoms with E-state index in [1.807, 2.05) is 48.5 Å². The van der Waals surface area contributed by atoms with E-state index < -0.39 is 0 Å². The number of benzene rings is 2. The second kappa shape index (κ2) is 9.99. The first kappa shape index (κ1) is 20.0. The number of thioether (sulfide) groups is 1. The van der Waals surface area contributed by atoms with Crippen LogP contribution in [0, 0.1) is 0 Å². The van der Waals surface area contributed by atoms with Gasteiger partial charge in [0.25, 0.3) is 0 Å². The summed E-state index contributed by atoms with van der Waals surface area (Å²) in [5.41, 5.74) is 1.80. The van der Waals surface area contributed by atoms with Crippen molar-refractivity contribution in [2.24, 2.45) is 0 Å². The van der Waals surface area contributed by atoms with Crippen molar-refractivity contribution in [1.82, 2.24) is 4.90 Å². The second-order valence-corrected chi connectivity index (χ2v) is 8.24. The van der Waals surface area contributed by atoms with Crippen LogP contribution in [0.15, 0.2) is 57.5 Å². The third-order valence-electron chi connectivity index (χ3n) is 3.33. The molecule has 2 amide bonds. The molecule has 2 aromatic carbocycles. The first-order valence-electron chi connectivity index (χ1n) is 7.55. The Bertz CT molecular complexity index is 738. The van der Waals surface area contributed by atoms with Gasteiger partial charge < -0.3 is 10.2 Å². The molecule has 0 aromatic heterocycles. The van der Waals surface area contributed by atoms with E-state index in [1.165, 1.54) is 11.8 Å². The first-order valence-corrected chi connectivity index (χ1v) is 10.3. The summed E-state index contributed by atoms with van der Waals surface area (Å²) in [4.78, 5) is 25.7. The van der Waals surface area contributed by atoms with Gasteiger partial charge in [-0.3, -0.25) is 9.59 Å². The number of amides is 2. The van der Waals surface area contributed by atoms with Crippen molar-refractivity contribution in [3.63, 3.8) is 0 Å². The Morgan fingerprint density at radius 1 is 1.04 bits per heavy atom. The molecule has 0 spiro atoms. The molecule has 1 N–H and O–H groups in total. The first-order chi connectivity index (χ1) is 11.9. The number of hydrogen-bond acceptors (Lipinski definition) is 3. The second-order valence-electron chi connectivity index (χ2n) is 5.43.